The lowest BCUT2D eigenvalue weighted by Crippen LogP contribution is -2.47. The number of piperidine rings is 1. The molecule has 0 radical (unpaired) electrons. The second-order valence-corrected chi connectivity index (χ2v) is 9.57. The first-order valence-electron chi connectivity index (χ1n) is 11.0. The lowest BCUT2D eigenvalue weighted by atomic mass is 10.00. The highest BCUT2D eigenvalue weighted by Crippen LogP contribution is 2.41. The molecule has 1 fully saturated rings. The van der Waals surface area contributed by atoms with Crippen LogP contribution >= 0.6 is 11.3 Å². The number of hydrogen-bond donors (Lipinski definition) is 0. The van der Waals surface area contributed by atoms with E-state index in [0.717, 1.165) is 12.8 Å². The number of carbonyl (C=O) groups excluding carboxylic acids is 1. The van der Waals surface area contributed by atoms with Crippen molar-refractivity contribution in [3.8, 4) is 33.4 Å². The van der Waals surface area contributed by atoms with Crippen LogP contribution in [0.5, 0.6) is 5.75 Å². The molecule has 1 aromatic heterocycles. The van der Waals surface area contributed by atoms with Gasteiger partial charge in [-0.3, -0.25) is 4.79 Å². The number of nitrogens with zero attached hydrogens (tertiary/aromatic N) is 3. The summed E-state index contributed by atoms with van der Waals surface area (Å²) in [5.74, 6) is -1.14. The van der Waals surface area contributed by atoms with Crippen molar-refractivity contribution in [2.24, 2.45) is 0 Å². The van der Waals surface area contributed by atoms with Gasteiger partial charge in [0.1, 0.15) is 11.9 Å². The third kappa shape index (κ3) is 4.67. The smallest absolute Gasteiger partial charge is 0.264 e. The molecule has 0 N–H and O–H groups in total. The number of ether oxygens (including phenoxy) is 1. The van der Waals surface area contributed by atoms with Gasteiger partial charge in [-0.25, -0.2) is 8.78 Å². The molecule has 8 heteroatoms. The number of amides is 1. The van der Waals surface area contributed by atoms with Crippen LogP contribution in [0.15, 0.2) is 42.5 Å². The number of hydrogen-bond acceptors (Lipinski definition) is 5. The SMILES string of the molecule is COc1ccc(-c2sc(C(=O)N3CCC[C@@H](N(C)C)C3)cc2-c2ccc(C#N)c(F)c2)cc1F. The first-order valence-corrected chi connectivity index (χ1v) is 11.8. The highest BCUT2D eigenvalue weighted by molar-refractivity contribution is 7.18. The minimum atomic E-state index is -0.643. The lowest BCUT2D eigenvalue weighted by Gasteiger charge is -2.35. The van der Waals surface area contributed by atoms with Crippen LogP contribution in [0, 0.1) is 23.0 Å². The van der Waals surface area contributed by atoms with E-state index >= 15 is 0 Å². The number of halogens is 2. The second kappa shape index (κ2) is 9.92. The van der Waals surface area contributed by atoms with Gasteiger partial charge < -0.3 is 14.5 Å². The normalized spacial score (nSPS) is 15.9. The number of likely N-dealkylation sites (tertiary alicyclic amines) is 1. The summed E-state index contributed by atoms with van der Waals surface area (Å²) in [5, 5.41) is 9.08. The van der Waals surface area contributed by atoms with E-state index in [-0.39, 0.29) is 17.2 Å². The predicted molar refractivity (Wildman–Crippen MR) is 129 cm³/mol. The molecule has 4 rings (SSSR count). The van der Waals surface area contributed by atoms with E-state index in [9.17, 15) is 13.6 Å². The van der Waals surface area contributed by atoms with E-state index in [1.807, 2.05) is 25.1 Å². The summed E-state index contributed by atoms with van der Waals surface area (Å²) in [6, 6.07) is 12.8. The lowest BCUT2D eigenvalue weighted by molar-refractivity contribution is 0.0640. The maximum absolute atomic E-state index is 14.5. The van der Waals surface area contributed by atoms with Crippen molar-refractivity contribution in [2.75, 3.05) is 34.3 Å². The van der Waals surface area contributed by atoms with Crippen molar-refractivity contribution in [3.05, 3.63) is 64.5 Å². The number of likely N-dealkylation sites (N-methyl/N-ethyl adjacent to an activating group) is 1. The fourth-order valence-corrected chi connectivity index (χ4v) is 5.37. The molecule has 0 unspecified atom stereocenters. The van der Waals surface area contributed by atoms with Crippen molar-refractivity contribution in [1.29, 1.82) is 5.26 Å². The highest BCUT2D eigenvalue weighted by atomic mass is 32.1. The van der Waals surface area contributed by atoms with Crippen molar-refractivity contribution >= 4 is 17.2 Å². The number of nitriles is 1. The third-order valence-electron chi connectivity index (χ3n) is 6.17. The summed E-state index contributed by atoms with van der Waals surface area (Å²) < 4.78 is 34.0. The number of benzene rings is 2. The Labute approximate surface area is 201 Å². The van der Waals surface area contributed by atoms with Crippen LogP contribution in [0.25, 0.3) is 21.6 Å². The average molecular weight is 482 g/mol. The maximum atomic E-state index is 14.5. The topological polar surface area (TPSA) is 56.6 Å². The molecule has 1 amide bonds. The molecular formula is C26H25F2N3O2S. The van der Waals surface area contributed by atoms with Gasteiger partial charge in [0, 0.05) is 29.6 Å². The standard InChI is InChI=1S/C26H25F2N3O2S/c1-30(2)19-5-4-10-31(15-19)26(32)24-13-20(16-6-7-18(14-29)21(27)11-16)25(34-24)17-8-9-23(33-3)22(28)12-17/h6-9,11-13,19H,4-5,10,15H2,1-3H3/t19-/m1/s1. The molecular weight excluding hydrogens is 456 g/mol. The minimum Gasteiger partial charge on any atom is -0.494 e. The van der Waals surface area contributed by atoms with Crippen LogP contribution in [-0.4, -0.2) is 56.0 Å². The molecule has 3 aromatic rings. The number of carbonyl (C=O) groups is 1. The zero-order valence-corrected chi connectivity index (χ0v) is 20.1. The van der Waals surface area contributed by atoms with E-state index in [0.29, 0.717) is 45.6 Å². The van der Waals surface area contributed by atoms with Crippen molar-refractivity contribution in [2.45, 2.75) is 18.9 Å². The monoisotopic (exact) mass is 481 g/mol. The summed E-state index contributed by atoms with van der Waals surface area (Å²) in [6.07, 6.45) is 1.96. The largest absolute Gasteiger partial charge is 0.494 e. The van der Waals surface area contributed by atoms with E-state index in [2.05, 4.69) is 4.90 Å². The summed E-state index contributed by atoms with van der Waals surface area (Å²) in [5.41, 5.74) is 1.63. The molecule has 1 aliphatic rings. The van der Waals surface area contributed by atoms with E-state index in [4.69, 9.17) is 10.00 Å². The Kier molecular flexibility index (Phi) is 6.96. The van der Waals surface area contributed by atoms with Crippen LogP contribution in [0.2, 0.25) is 0 Å². The van der Waals surface area contributed by atoms with Gasteiger partial charge in [0.15, 0.2) is 11.6 Å². The average Bonchev–Trinajstić information content (AvgIpc) is 3.29. The molecule has 34 heavy (non-hydrogen) atoms. The van der Waals surface area contributed by atoms with Crippen LogP contribution in [0.4, 0.5) is 8.78 Å². The van der Waals surface area contributed by atoms with Gasteiger partial charge in [0.25, 0.3) is 5.91 Å². The Balaban J connectivity index is 1.78. The van der Waals surface area contributed by atoms with Gasteiger partial charge in [-0.2, -0.15) is 5.26 Å². The Morgan fingerprint density at radius 2 is 1.88 bits per heavy atom. The third-order valence-corrected chi connectivity index (χ3v) is 7.34. The number of methoxy groups -OCH3 is 1. The molecule has 1 aliphatic heterocycles. The zero-order valence-electron chi connectivity index (χ0n) is 19.3. The van der Waals surface area contributed by atoms with Crippen molar-refractivity contribution in [3.63, 3.8) is 0 Å². The highest BCUT2D eigenvalue weighted by Gasteiger charge is 2.28. The van der Waals surface area contributed by atoms with Crippen molar-refractivity contribution in [1.82, 2.24) is 9.80 Å². The molecule has 0 saturated carbocycles. The van der Waals surface area contributed by atoms with E-state index in [1.165, 1.54) is 42.7 Å². The van der Waals surface area contributed by atoms with Gasteiger partial charge in [0.2, 0.25) is 0 Å². The van der Waals surface area contributed by atoms with E-state index in [1.54, 1.807) is 18.2 Å². The summed E-state index contributed by atoms with van der Waals surface area (Å²) >= 11 is 1.26. The Morgan fingerprint density at radius 3 is 2.53 bits per heavy atom. The number of thiophene rings is 1. The second-order valence-electron chi connectivity index (χ2n) is 8.52. The fourth-order valence-electron chi connectivity index (χ4n) is 4.22. The first-order chi connectivity index (χ1) is 16.3. The van der Waals surface area contributed by atoms with Gasteiger partial charge >= 0.3 is 0 Å². The van der Waals surface area contributed by atoms with Gasteiger partial charge in [-0.05, 0) is 74.5 Å². The predicted octanol–water partition coefficient (Wildman–Crippen LogP) is 5.41. The van der Waals surface area contributed by atoms with Crippen LogP contribution in [-0.2, 0) is 0 Å². The first kappa shape index (κ1) is 23.9. The van der Waals surface area contributed by atoms with Crippen molar-refractivity contribution < 1.29 is 18.3 Å². The molecule has 1 saturated heterocycles. The molecule has 0 aliphatic carbocycles. The summed E-state index contributed by atoms with van der Waals surface area (Å²) in [7, 11) is 5.42. The summed E-state index contributed by atoms with van der Waals surface area (Å²) in [4.78, 5) is 18.6. The molecule has 0 bridgehead atoms. The number of rotatable bonds is 5. The molecule has 2 heterocycles. The fraction of sp³-hybridized carbons (Fsp3) is 0.308. The Bertz CT molecular complexity index is 1270. The van der Waals surface area contributed by atoms with Gasteiger partial charge in [-0.15, -0.1) is 11.3 Å². The molecule has 1 atom stereocenters. The minimum absolute atomic E-state index is 0.0598. The van der Waals surface area contributed by atoms with E-state index < -0.39 is 11.6 Å². The van der Waals surface area contributed by atoms with Crippen LogP contribution < -0.4 is 4.74 Å². The molecule has 5 nitrogen and oxygen atoms in total. The molecule has 2 aromatic carbocycles. The quantitative estimate of drug-likeness (QED) is 0.489. The Hall–Kier alpha value is -3.28. The molecule has 176 valence electrons. The van der Waals surface area contributed by atoms with Crippen LogP contribution in [0.1, 0.15) is 28.1 Å². The Morgan fingerprint density at radius 1 is 1.15 bits per heavy atom. The molecule has 0 spiro atoms. The van der Waals surface area contributed by atoms with Gasteiger partial charge in [0.05, 0.1) is 17.6 Å². The summed E-state index contributed by atoms with van der Waals surface area (Å²) in [6.45, 7) is 1.31. The zero-order chi connectivity index (χ0) is 24.4. The van der Waals surface area contributed by atoms with Gasteiger partial charge in [-0.1, -0.05) is 6.07 Å². The maximum Gasteiger partial charge on any atom is 0.264 e. The van der Waals surface area contributed by atoms with Crippen LogP contribution in [0.3, 0.4) is 0 Å².